The van der Waals surface area contributed by atoms with Crippen molar-refractivity contribution in [3.05, 3.63) is 58.5 Å². The average Bonchev–Trinajstić information content (AvgIpc) is 2.98. The first-order chi connectivity index (χ1) is 12.4. The number of amidine groups is 1. The lowest BCUT2D eigenvalue weighted by molar-refractivity contribution is -0.113. The van der Waals surface area contributed by atoms with Crippen molar-refractivity contribution in [3.8, 4) is 11.5 Å². The van der Waals surface area contributed by atoms with E-state index in [0.717, 1.165) is 11.8 Å². The van der Waals surface area contributed by atoms with Crippen LogP contribution in [0, 0.1) is 0 Å². The smallest absolute Gasteiger partial charge is 0.337 e. The number of aromatic carboxylic acids is 1. The van der Waals surface area contributed by atoms with Crippen molar-refractivity contribution in [3.63, 3.8) is 0 Å². The number of carbonyl (C=O) groups is 2. The molecule has 1 aliphatic rings. The maximum Gasteiger partial charge on any atom is 0.337 e. The summed E-state index contributed by atoms with van der Waals surface area (Å²) in [7, 11) is 1.64. The first kappa shape index (κ1) is 17.6. The quantitative estimate of drug-likeness (QED) is 0.563. The largest absolute Gasteiger partial charge is 0.504 e. The van der Waals surface area contributed by atoms with Crippen LogP contribution in [-0.2, 0) is 4.79 Å². The number of phenolic OH excluding ortho intramolecular Hbond substituents is 2. The number of hydrogen-bond donors (Lipinski definition) is 3. The molecule has 7 nitrogen and oxygen atoms in total. The van der Waals surface area contributed by atoms with Gasteiger partial charge in [0.1, 0.15) is 0 Å². The van der Waals surface area contributed by atoms with Crippen molar-refractivity contribution < 1.29 is 24.9 Å². The highest BCUT2D eigenvalue weighted by Gasteiger charge is 2.27. The highest BCUT2D eigenvalue weighted by atomic mass is 32.2. The third-order valence-corrected chi connectivity index (χ3v) is 4.75. The number of hydrogen-bond acceptors (Lipinski definition) is 6. The zero-order valence-corrected chi connectivity index (χ0v) is 14.4. The number of amides is 1. The third kappa shape index (κ3) is 3.40. The molecule has 2 aromatic rings. The van der Waals surface area contributed by atoms with Crippen LogP contribution in [0.15, 0.2) is 52.4 Å². The summed E-state index contributed by atoms with van der Waals surface area (Å²) in [5, 5.41) is 28.6. The maximum atomic E-state index is 12.2. The number of aliphatic imine (C=N–C) groups is 1. The van der Waals surface area contributed by atoms with Gasteiger partial charge in [-0.25, -0.2) is 4.79 Å². The maximum absolute atomic E-state index is 12.2. The Morgan fingerprint density at radius 3 is 2.58 bits per heavy atom. The van der Waals surface area contributed by atoms with Crippen LogP contribution in [0.25, 0.3) is 6.08 Å². The number of para-hydroxylation sites is 1. The second-order valence-electron chi connectivity index (χ2n) is 5.44. The molecule has 1 heterocycles. The fraction of sp³-hybridized carbons (Fsp3) is 0.0556. The standard InChI is InChI=1S/C18H14N2O5S/c1-20(12-5-3-2-4-11(12)17(24)25)18-19-16(23)15(26-18)9-10-6-7-13(21)14(22)8-10/h2-9,21-22H,1H3,(H,24,25)/b15-9-. The second-order valence-corrected chi connectivity index (χ2v) is 6.45. The predicted octanol–water partition coefficient (Wildman–Crippen LogP) is 2.90. The zero-order valence-electron chi connectivity index (χ0n) is 13.6. The summed E-state index contributed by atoms with van der Waals surface area (Å²) in [5.74, 6) is -2.07. The molecule has 3 rings (SSSR count). The Kier molecular flexibility index (Phi) is 4.68. The summed E-state index contributed by atoms with van der Waals surface area (Å²) in [6.45, 7) is 0. The Balaban J connectivity index is 1.87. The van der Waals surface area contributed by atoms with Gasteiger partial charge in [0.15, 0.2) is 16.7 Å². The molecule has 0 saturated heterocycles. The molecule has 0 aromatic heterocycles. The molecule has 2 aromatic carbocycles. The van der Waals surface area contributed by atoms with E-state index in [-0.39, 0.29) is 17.1 Å². The molecule has 132 valence electrons. The summed E-state index contributed by atoms with van der Waals surface area (Å²) in [4.78, 5) is 29.4. The molecule has 0 radical (unpaired) electrons. The Morgan fingerprint density at radius 2 is 1.88 bits per heavy atom. The lowest BCUT2D eigenvalue weighted by atomic mass is 10.1. The van der Waals surface area contributed by atoms with Crippen molar-refractivity contribution >= 4 is 40.6 Å². The zero-order chi connectivity index (χ0) is 18.8. The number of aromatic hydroxyl groups is 2. The van der Waals surface area contributed by atoms with Crippen LogP contribution in [0.5, 0.6) is 11.5 Å². The highest BCUT2D eigenvalue weighted by Crippen LogP contribution is 2.34. The van der Waals surface area contributed by atoms with E-state index in [4.69, 9.17) is 0 Å². The Labute approximate surface area is 152 Å². The molecule has 0 atom stereocenters. The Hall–Kier alpha value is -3.26. The molecule has 0 saturated carbocycles. The molecule has 0 spiro atoms. The van der Waals surface area contributed by atoms with Crippen molar-refractivity contribution in [1.82, 2.24) is 0 Å². The van der Waals surface area contributed by atoms with Crippen LogP contribution in [-0.4, -0.2) is 39.4 Å². The van der Waals surface area contributed by atoms with Gasteiger partial charge in [-0.05, 0) is 47.7 Å². The number of carbonyl (C=O) groups excluding carboxylic acids is 1. The normalized spacial score (nSPS) is 15.2. The van der Waals surface area contributed by atoms with E-state index in [0.29, 0.717) is 21.3 Å². The van der Waals surface area contributed by atoms with Crippen LogP contribution in [0.1, 0.15) is 15.9 Å². The van der Waals surface area contributed by atoms with Crippen LogP contribution in [0.4, 0.5) is 5.69 Å². The molecule has 26 heavy (non-hydrogen) atoms. The van der Waals surface area contributed by atoms with E-state index in [9.17, 15) is 24.9 Å². The summed E-state index contributed by atoms with van der Waals surface area (Å²) >= 11 is 1.10. The van der Waals surface area contributed by atoms with E-state index in [1.807, 2.05) is 0 Å². The molecule has 8 heteroatoms. The molecular formula is C18H14N2O5S. The van der Waals surface area contributed by atoms with Gasteiger partial charge < -0.3 is 20.2 Å². The van der Waals surface area contributed by atoms with Crippen molar-refractivity contribution in [1.29, 1.82) is 0 Å². The number of nitrogens with zero attached hydrogens (tertiary/aromatic N) is 2. The number of phenols is 2. The van der Waals surface area contributed by atoms with Crippen molar-refractivity contribution in [2.24, 2.45) is 4.99 Å². The number of benzene rings is 2. The molecule has 3 N–H and O–H groups in total. The van der Waals surface area contributed by atoms with Gasteiger partial charge in [0, 0.05) is 7.05 Å². The van der Waals surface area contributed by atoms with Crippen LogP contribution in [0.3, 0.4) is 0 Å². The monoisotopic (exact) mass is 370 g/mol. The van der Waals surface area contributed by atoms with Gasteiger partial charge in [-0.3, -0.25) is 4.79 Å². The van der Waals surface area contributed by atoms with Crippen LogP contribution in [0.2, 0.25) is 0 Å². The van der Waals surface area contributed by atoms with Gasteiger partial charge >= 0.3 is 5.97 Å². The van der Waals surface area contributed by atoms with Crippen LogP contribution < -0.4 is 4.90 Å². The summed E-state index contributed by atoms with van der Waals surface area (Å²) < 4.78 is 0. The number of carboxylic acids is 1. The first-order valence-corrected chi connectivity index (χ1v) is 8.29. The molecule has 1 aliphatic heterocycles. The highest BCUT2D eigenvalue weighted by molar-refractivity contribution is 8.18. The van der Waals surface area contributed by atoms with E-state index in [1.165, 1.54) is 18.2 Å². The number of carboxylic acid groups (broad SMARTS) is 1. The minimum atomic E-state index is -1.07. The van der Waals surface area contributed by atoms with E-state index in [1.54, 1.807) is 42.3 Å². The van der Waals surface area contributed by atoms with E-state index < -0.39 is 11.9 Å². The second kappa shape index (κ2) is 6.93. The third-order valence-electron chi connectivity index (χ3n) is 3.69. The van der Waals surface area contributed by atoms with Crippen molar-refractivity contribution in [2.75, 3.05) is 11.9 Å². The van der Waals surface area contributed by atoms with E-state index >= 15 is 0 Å². The Morgan fingerprint density at radius 1 is 1.15 bits per heavy atom. The first-order valence-electron chi connectivity index (χ1n) is 7.47. The molecule has 0 unspecified atom stereocenters. The van der Waals surface area contributed by atoms with Crippen molar-refractivity contribution in [2.45, 2.75) is 0 Å². The lowest BCUT2D eigenvalue weighted by Crippen LogP contribution is -2.24. The fourth-order valence-electron chi connectivity index (χ4n) is 2.37. The summed E-state index contributed by atoms with van der Waals surface area (Å²) in [5.41, 5.74) is 1.05. The number of thioether (sulfide) groups is 1. The predicted molar refractivity (Wildman–Crippen MR) is 99.6 cm³/mol. The van der Waals surface area contributed by atoms with Gasteiger partial charge in [0.25, 0.3) is 5.91 Å². The Bertz CT molecular complexity index is 968. The molecular weight excluding hydrogens is 356 g/mol. The molecule has 0 fully saturated rings. The summed E-state index contributed by atoms with van der Waals surface area (Å²) in [6.07, 6.45) is 1.54. The van der Waals surface area contributed by atoms with E-state index in [2.05, 4.69) is 4.99 Å². The average molecular weight is 370 g/mol. The van der Waals surface area contributed by atoms with Gasteiger partial charge in [-0.1, -0.05) is 18.2 Å². The van der Waals surface area contributed by atoms with Gasteiger partial charge in [-0.2, -0.15) is 4.99 Å². The minimum absolute atomic E-state index is 0.103. The van der Waals surface area contributed by atoms with Gasteiger partial charge in [-0.15, -0.1) is 0 Å². The van der Waals surface area contributed by atoms with Gasteiger partial charge in [0.2, 0.25) is 0 Å². The van der Waals surface area contributed by atoms with Gasteiger partial charge in [0.05, 0.1) is 16.2 Å². The molecule has 0 aliphatic carbocycles. The van der Waals surface area contributed by atoms with Crippen LogP contribution >= 0.6 is 11.8 Å². The lowest BCUT2D eigenvalue weighted by Gasteiger charge is -2.19. The number of rotatable bonds is 3. The number of anilines is 1. The topological polar surface area (TPSA) is 110 Å². The fourth-order valence-corrected chi connectivity index (χ4v) is 3.26. The SMILES string of the molecule is CN(C1=NC(=O)/C(=C/c2ccc(O)c(O)c2)S1)c1ccccc1C(=O)O. The molecule has 0 bridgehead atoms. The minimum Gasteiger partial charge on any atom is -0.504 e. The summed E-state index contributed by atoms with van der Waals surface area (Å²) in [6, 6.07) is 10.6. The molecule has 1 amide bonds.